The number of anilines is 1. The van der Waals surface area contributed by atoms with Crippen LogP contribution in [0.2, 0.25) is 0 Å². The zero-order chi connectivity index (χ0) is 14.7. The standard InChI is InChI=1S/C13H15BrN4O2/c1-8-7-18(13(15)17-8)16-6-9-10(14)4-5-11(19-2)12(9)20-3/h4-7H,1-3H3,(H2,15,17). The van der Waals surface area contributed by atoms with E-state index in [1.165, 1.54) is 4.68 Å². The molecule has 0 bridgehead atoms. The second-order valence-corrected chi connectivity index (χ2v) is 4.88. The van der Waals surface area contributed by atoms with E-state index in [1.54, 1.807) is 26.6 Å². The largest absolute Gasteiger partial charge is 0.493 e. The molecule has 0 aliphatic carbocycles. The zero-order valence-electron chi connectivity index (χ0n) is 11.4. The van der Waals surface area contributed by atoms with Crippen LogP contribution in [0.15, 0.2) is 27.9 Å². The zero-order valence-corrected chi connectivity index (χ0v) is 13.0. The van der Waals surface area contributed by atoms with Crippen molar-refractivity contribution in [3.63, 3.8) is 0 Å². The Kier molecular flexibility index (Phi) is 4.29. The molecule has 20 heavy (non-hydrogen) atoms. The summed E-state index contributed by atoms with van der Waals surface area (Å²) in [4.78, 5) is 4.08. The molecule has 0 unspecified atom stereocenters. The molecule has 1 heterocycles. The molecule has 6 nitrogen and oxygen atoms in total. The van der Waals surface area contributed by atoms with Gasteiger partial charge in [-0.2, -0.15) is 5.10 Å². The van der Waals surface area contributed by atoms with Crippen molar-refractivity contribution < 1.29 is 9.47 Å². The second-order valence-electron chi connectivity index (χ2n) is 4.03. The molecule has 0 spiro atoms. The van der Waals surface area contributed by atoms with E-state index >= 15 is 0 Å². The molecule has 0 amide bonds. The summed E-state index contributed by atoms with van der Waals surface area (Å²) in [6.07, 6.45) is 3.38. The molecule has 106 valence electrons. The Morgan fingerprint density at radius 1 is 1.35 bits per heavy atom. The number of nitrogen functional groups attached to an aromatic ring is 1. The maximum Gasteiger partial charge on any atom is 0.221 e. The topological polar surface area (TPSA) is 74.7 Å². The first-order chi connectivity index (χ1) is 9.56. The highest BCUT2D eigenvalue weighted by Gasteiger charge is 2.12. The number of hydrogen-bond acceptors (Lipinski definition) is 5. The molecule has 0 saturated carbocycles. The predicted molar refractivity (Wildman–Crippen MR) is 81.6 cm³/mol. The Bertz CT molecular complexity index is 652. The molecule has 2 rings (SSSR count). The molecule has 0 aliphatic rings. The normalized spacial score (nSPS) is 11.0. The average Bonchev–Trinajstić information content (AvgIpc) is 2.75. The predicted octanol–water partition coefficient (Wildman–Crippen LogP) is 2.44. The Hall–Kier alpha value is -2.02. The number of nitrogens with two attached hydrogens (primary N) is 1. The third-order valence-corrected chi connectivity index (χ3v) is 3.37. The van der Waals surface area contributed by atoms with Crippen LogP contribution in [0.25, 0.3) is 0 Å². The number of halogens is 1. The summed E-state index contributed by atoms with van der Waals surface area (Å²) in [5.41, 5.74) is 7.30. The van der Waals surface area contributed by atoms with Gasteiger partial charge in [-0.15, -0.1) is 0 Å². The molecule has 0 saturated heterocycles. The lowest BCUT2D eigenvalue weighted by Crippen LogP contribution is -2.00. The molecule has 1 aromatic heterocycles. The van der Waals surface area contributed by atoms with E-state index in [9.17, 15) is 0 Å². The molecule has 2 aromatic rings. The Morgan fingerprint density at radius 2 is 2.10 bits per heavy atom. The maximum absolute atomic E-state index is 5.74. The molecule has 2 N–H and O–H groups in total. The number of benzene rings is 1. The summed E-state index contributed by atoms with van der Waals surface area (Å²) >= 11 is 3.47. The van der Waals surface area contributed by atoms with Crippen LogP contribution in [0.3, 0.4) is 0 Å². The van der Waals surface area contributed by atoms with E-state index in [0.29, 0.717) is 17.4 Å². The number of rotatable bonds is 4. The minimum atomic E-state index is 0.330. The van der Waals surface area contributed by atoms with Gasteiger partial charge in [0.05, 0.1) is 37.9 Å². The molecule has 0 radical (unpaired) electrons. The maximum atomic E-state index is 5.74. The molecule has 0 aliphatic heterocycles. The summed E-state index contributed by atoms with van der Waals surface area (Å²) in [7, 11) is 3.17. The van der Waals surface area contributed by atoms with Gasteiger partial charge in [0.2, 0.25) is 5.95 Å². The Balaban J connectivity index is 2.45. The Labute approximate surface area is 125 Å². The third-order valence-electron chi connectivity index (χ3n) is 2.68. The molecule has 1 aromatic carbocycles. The first kappa shape index (κ1) is 14.4. The summed E-state index contributed by atoms with van der Waals surface area (Å²) in [6.45, 7) is 1.85. The van der Waals surface area contributed by atoms with E-state index in [-0.39, 0.29) is 0 Å². The number of aromatic nitrogens is 2. The van der Waals surface area contributed by atoms with Crippen molar-refractivity contribution in [3.05, 3.63) is 34.1 Å². The van der Waals surface area contributed by atoms with E-state index in [0.717, 1.165) is 15.7 Å². The summed E-state index contributed by atoms with van der Waals surface area (Å²) in [6, 6.07) is 3.68. The second kappa shape index (κ2) is 5.96. The van der Waals surface area contributed by atoms with Crippen LogP contribution >= 0.6 is 15.9 Å². The van der Waals surface area contributed by atoms with Crippen molar-refractivity contribution in [1.29, 1.82) is 0 Å². The van der Waals surface area contributed by atoms with Crippen LogP contribution in [0, 0.1) is 6.92 Å². The number of aryl methyl sites for hydroxylation is 1. The van der Waals surface area contributed by atoms with Gasteiger partial charge in [0, 0.05) is 4.47 Å². The van der Waals surface area contributed by atoms with Gasteiger partial charge < -0.3 is 15.2 Å². The van der Waals surface area contributed by atoms with Crippen molar-refractivity contribution in [2.24, 2.45) is 5.10 Å². The Morgan fingerprint density at radius 3 is 2.65 bits per heavy atom. The van der Waals surface area contributed by atoms with Crippen molar-refractivity contribution in [2.45, 2.75) is 6.92 Å². The summed E-state index contributed by atoms with van der Waals surface area (Å²) < 4.78 is 13.0. The highest BCUT2D eigenvalue weighted by atomic mass is 79.9. The molecular weight excluding hydrogens is 324 g/mol. The van der Waals surface area contributed by atoms with E-state index in [1.807, 2.05) is 19.1 Å². The quantitative estimate of drug-likeness (QED) is 0.869. The van der Waals surface area contributed by atoms with Crippen molar-refractivity contribution in [1.82, 2.24) is 9.66 Å². The van der Waals surface area contributed by atoms with E-state index in [2.05, 4.69) is 26.0 Å². The van der Waals surface area contributed by atoms with Crippen LogP contribution in [-0.4, -0.2) is 30.1 Å². The fourth-order valence-corrected chi connectivity index (χ4v) is 2.18. The molecule has 0 fully saturated rings. The lowest BCUT2D eigenvalue weighted by Gasteiger charge is -2.11. The van der Waals surface area contributed by atoms with Gasteiger partial charge in [-0.1, -0.05) is 0 Å². The van der Waals surface area contributed by atoms with E-state index in [4.69, 9.17) is 15.2 Å². The van der Waals surface area contributed by atoms with E-state index < -0.39 is 0 Å². The lowest BCUT2D eigenvalue weighted by molar-refractivity contribution is 0.354. The highest BCUT2D eigenvalue weighted by Crippen LogP contribution is 2.34. The number of hydrogen-bond donors (Lipinski definition) is 1. The van der Waals surface area contributed by atoms with Gasteiger partial charge in [0.25, 0.3) is 0 Å². The minimum Gasteiger partial charge on any atom is -0.493 e. The number of imidazole rings is 1. The van der Waals surface area contributed by atoms with Gasteiger partial charge in [-0.05, 0) is 35.0 Å². The smallest absolute Gasteiger partial charge is 0.221 e. The lowest BCUT2D eigenvalue weighted by atomic mass is 10.2. The highest BCUT2D eigenvalue weighted by molar-refractivity contribution is 9.10. The minimum absolute atomic E-state index is 0.330. The van der Waals surface area contributed by atoms with Gasteiger partial charge in [-0.3, -0.25) is 0 Å². The van der Waals surface area contributed by atoms with Gasteiger partial charge in [-0.25, -0.2) is 9.66 Å². The van der Waals surface area contributed by atoms with Crippen molar-refractivity contribution >= 4 is 28.1 Å². The number of nitrogens with zero attached hydrogens (tertiary/aromatic N) is 3. The summed E-state index contributed by atoms with van der Waals surface area (Å²) in [5.74, 6) is 1.56. The van der Waals surface area contributed by atoms with Gasteiger partial charge >= 0.3 is 0 Å². The fourth-order valence-electron chi connectivity index (χ4n) is 1.76. The summed E-state index contributed by atoms with van der Waals surface area (Å²) in [5, 5.41) is 4.28. The SMILES string of the molecule is COc1ccc(Br)c(C=Nn2cc(C)nc2N)c1OC. The van der Waals surface area contributed by atoms with Crippen LogP contribution in [0.5, 0.6) is 11.5 Å². The first-order valence-electron chi connectivity index (χ1n) is 5.83. The van der Waals surface area contributed by atoms with Crippen molar-refractivity contribution in [3.8, 4) is 11.5 Å². The third kappa shape index (κ3) is 2.77. The van der Waals surface area contributed by atoms with Crippen molar-refractivity contribution in [2.75, 3.05) is 20.0 Å². The number of ether oxygens (including phenoxy) is 2. The molecule has 7 heteroatoms. The van der Waals surface area contributed by atoms with Crippen LogP contribution in [0.4, 0.5) is 5.95 Å². The molecular formula is C13H15BrN4O2. The monoisotopic (exact) mass is 338 g/mol. The van der Waals surface area contributed by atoms with Crippen LogP contribution < -0.4 is 15.2 Å². The average molecular weight is 339 g/mol. The van der Waals surface area contributed by atoms with Gasteiger partial charge in [0.1, 0.15) is 0 Å². The first-order valence-corrected chi connectivity index (χ1v) is 6.62. The van der Waals surface area contributed by atoms with Crippen LogP contribution in [0.1, 0.15) is 11.3 Å². The fraction of sp³-hybridized carbons (Fsp3) is 0.231. The number of methoxy groups -OCH3 is 2. The van der Waals surface area contributed by atoms with Crippen LogP contribution in [-0.2, 0) is 0 Å². The molecule has 0 atom stereocenters. The van der Waals surface area contributed by atoms with Gasteiger partial charge in [0.15, 0.2) is 11.5 Å².